The topological polar surface area (TPSA) is 17.1 Å². The normalized spacial score (nSPS) is 17.8. The molecule has 1 nitrogen and oxygen atoms in total. The molecule has 0 radical (unpaired) electrons. The Morgan fingerprint density at radius 3 is 2.43 bits per heavy atom. The molecule has 0 aromatic heterocycles. The maximum Gasteiger partial charge on any atom is 0.129 e. The highest BCUT2D eigenvalue weighted by atomic mass is 16.1. The zero-order chi connectivity index (χ0) is 10.0. The van der Waals surface area contributed by atoms with Crippen molar-refractivity contribution < 1.29 is 4.79 Å². The Morgan fingerprint density at radius 2 is 1.93 bits per heavy atom. The van der Waals surface area contributed by atoms with Crippen molar-refractivity contribution in [3.63, 3.8) is 0 Å². The van der Waals surface area contributed by atoms with Crippen LogP contribution in [0.4, 0.5) is 0 Å². The van der Waals surface area contributed by atoms with E-state index in [1.165, 1.54) is 18.4 Å². The molecule has 0 amide bonds. The number of Topliss-reactive ketones (excluding diaryl/α,β-unsaturated/α-hetero) is 1. The number of hydrogen-bond acceptors (Lipinski definition) is 1. The van der Waals surface area contributed by atoms with Crippen LogP contribution in [0.25, 0.3) is 0 Å². The average Bonchev–Trinajstić information content (AvgIpc) is 2.97. The molecule has 1 aliphatic rings. The summed E-state index contributed by atoms with van der Waals surface area (Å²) in [5.41, 5.74) is 1.77. The van der Waals surface area contributed by atoms with E-state index >= 15 is 0 Å². The van der Waals surface area contributed by atoms with E-state index in [4.69, 9.17) is 0 Å². The van der Waals surface area contributed by atoms with Crippen LogP contribution in [-0.2, 0) is 10.2 Å². The molecule has 1 saturated carbocycles. The third-order valence-corrected chi connectivity index (χ3v) is 3.20. The Bertz CT molecular complexity index is 322. The van der Waals surface area contributed by atoms with Crippen molar-refractivity contribution in [1.29, 1.82) is 0 Å². The van der Waals surface area contributed by atoms with Gasteiger partial charge in [-0.2, -0.15) is 0 Å². The van der Waals surface area contributed by atoms with Crippen molar-refractivity contribution in [1.82, 2.24) is 0 Å². The number of carbonyl (C=O) groups is 1. The molecule has 14 heavy (non-hydrogen) atoms. The van der Waals surface area contributed by atoms with E-state index in [1.807, 2.05) is 6.07 Å². The van der Waals surface area contributed by atoms with Crippen LogP contribution in [0.2, 0.25) is 0 Å². The first-order chi connectivity index (χ1) is 6.73. The fourth-order valence-electron chi connectivity index (χ4n) is 2.04. The van der Waals surface area contributed by atoms with Crippen LogP contribution in [-0.4, -0.2) is 5.78 Å². The van der Waals surface area contributed by atoms with Gasteiger partial charge in [0.05, 0.1) is 0 Å². The smallest absolute Gasteiger partial charge is 0.129 e. The monoisotopic (exact) mass is 188 g/mol. The van der Waals surface area contributed by atoms with Crippen molar-refractivity contribution >= 4 is 5.78 Å². The van der Waals surface area contributed by atoms with Crippen molar-refractivity contribution in [2.24, 2.45) is 0 Å². The summed E-state index contributed by atoms with van der Waals surface area (Å²) in [6, 6.07) is 10.6. The molecular formula is C13H16O. The predicted molar refractivity (Wildman–Crippen MR) is 57.3 cm³/mol. The maximum absolute atomic E-state index is 10.9. The minimum atomic E-state index is 0.312. The van der Waals surface area contributed by atoms with Gasteiger partial charge >= 0.3 is 0 Å². The van der Waals surface area contributed by atoms with Gasteiger partial charge in [-0.15, -0.1) is 0 Å². The third-order valence-electron chi connectivity index (χ3n) is 3.20. The first-order valence-electron chi connectivity index (χ1n) is 5.28. The molecule has 0 spiro atoms. The van der Waals surface area contributed by atoms with E-state index < -0.39 is 0 Å². The highest BCUT2D eigenvalue weighted by Gasteiger charge is 2.43. The minimum absolute atomic E-state index is 0.312. The molecule has 74 valence electrons. The summed E-state index contributed by atoms with van der Waals surface area (Å²) in [7, 11) is 0. The molecule has 0 N–H and O–H groups in total. The Balaban J connectivity index is 2.06. The lowest BCUT2D eigenvalue weighted by atomic mass is 9.90. The lowest BCUT2D eigenvalue weighted by molar-refractivity contribution is -0.117. The molecule has 1 heteroatoms. The summed E-state index contributed by atoms with van der Waals surface area (Å²) < 4.78 is 0. The average molecular weight is 188 g/mol. The molecule has 0 bridgehead atoms. The highest BCUT2D eigenvalue weighted by molar-refractivity contribution is 5.75. The first-order valence-corrected chi connectivity index (χ1v) is 5.28. The van der Waals surface area contributed by atoms with Crippen LogP contribution in [0.5, 0.6) is 0 Å². The molecule has 0 heterocycles. The van der Waals surface area contributed by atoms with Crippen molar-refractivity contribution in [2.75, 3.05) is 0 Å². The summed E-state index contributed by atoms with van der Waals surface area (Å²) in [6.45, 7) is 1.68. The van der Waals surface area contributed by atoms with Crippen LogP contribution in [0, 0.1) is 0 Å². The molecule has 0 saturated heterocycles. The Morgan fingerprint density at radius 1 is 1.29 bits per heavy atom. The van der Waals surface area contributed by atoms with E-state index in [0.29, 0.717) is 11.2 Å². The number of carbonyl (C=O) groups excluding carboxylic acids is 1. The second-order valence-corrected chi connectivity index (χ2v) is 4.35. The molecule has 2 rings (SSSR count). The fourth-order valence-corrected chi connectivity index (χ4v) is 2.04. The van der Waals surface area contributed by atoms with Crippen molar-refractivity contribution in [3.05, 3.63) is 35.9 Å². The molecule has 1 fully saturated rings. The Labute approximate surface area is 85.1 Å². The summed E-state index contributed by atoms with van der Waals surface area (Å²) in [5, 5.41) is 0. The number of ketones is 1. The molecular weight excluding hydrogens is 172 g/mol. The van der Waals surface area contributed by atoms with E-state index in [2.05, 4.69) is 24.3 Å². The number of hydrogen-bond donors (Lipinski definition) is 0. The van der Waals surface area contributed by atoms with Gasteiger partial charge in [-0.25, -0.2) is 0 Å². The summed E-state index contributed by atoms with van der Waals surface area (Å²) in [5.74, 6) is 0.312. The molecule has 0 aliphatic heterocycles. The van der Waals surface area contributed by atoms with Crippen LogP contribution in [0.3, 0.4) is 0 Å². The zero-order valence-electron chi connectivity index (χ0n) is 8.62. The molecule has 0 unspecified atom stereocenters. The van der Waals surface area contributed by atoms with E-state index in [9.17, 15) is 4.79 Å². The number of rotatable bonds is 4. The summed E-state index contributed by atoms with van der Waals surface area (Å²) in [6.07, 6.45) is 4.27. The third kappa shape index (κ3) is 1.87. The second kappa shape index (κ2) is 3.56. The largest absolute Gasteiger partial charge is 0.300 e. The van der Waals surface area contributed by atoms with Gasteiger partial charge in [0.25, 0.3) is 0 Å². The van der Waals surface area contributed by atoms with E-state index in [0.717, 1.165) is 12.8 Å². The molecule has 1 aromatic carbocycles. The van der Waals surface area contributed by atoms with Gasteiger partial charge in [-0.05, 0) is 37.2 Å². The van der Waals surface area contributed by atoms with Gasteiger partial charge in [-0.3, -0.25) is 0 Å². The van der Waals surface area contributed by atoms with Crippen molar-refractivity contribution in [3.8, 4) is 0 Å². The molecule has 0 atom stereocenters. The van der Waals surface area contributed by atoms with Gasteiger partial charge in [0.2, 0.25) is 0 Å². The van der Waals surface area contributed by atoms with Gasteiger partial charge in [0.15, 0.2) is 0 Å². The van der Waals surface area contributed by atoms with Gasteiger partial charge < -0.3 is 4.79 Å². The van der Waals surface area contributed by atoms with Crippen LogP contribution >= 0.6 is 0 Å². The summed E-state index contributed by atoms with van der Waals surface area (Å²) in [4.78, 5) is 10.9. The van der Waals surface area contributed by atoms with Crippen LogP contribution in [0.1, 0.15) is 38.2 Å². The standard InChI is InChI=1S/C13H16O/c1-11(14)7-8-13(9-10-13)12-5-3-2-4-6-12/h2-6H,7-10H2,1H3. The first kappa shape index (κ1) is 9.45. The highest BCUT2D eigenvalue weighted by Crippen LogP contribution is 2.51. The fraction of sp³-hybridized carbons (Fsp3) is 0.462. The summed E-state index contributed by atoms with van der Waals surface area (Å²) >= 11 is 0. The molecule has 1 aliphatic carbocycles. The zero-order valence-corrected chi connectivity index (χ0v) is 8.62. The minimum Gasteiger partial charge on any atom is -0.300 e. The lowest BCUT2D eigenvalue weighted by Crippen LogP contribution is -2.08. The quantitative estimate of drug-likeness (QED) is 0.709. The van der Waals surface area contributed by atoms with Gasteiger partial charge in [0.1, 0.15) is 5.78 Å². The lowest BCUT2D eigenvalue weighted by Gasteiger charge is -2.14. The predicted octanol–water partition coefficient (Wildman–Crippen LogP) is 3.09. The molecule has 1 aromatic rings. The van der Waals surface area contributed by atoms with Crippen molar-refractivity contribution in [2.45, 2.75) is 38.0 Å². The Kier molecular flexibility index (Phi) is 2.40. The van der Waals surface area contributed by atoms with Crippen LogP contribution < -0.4 is 0 Å². The SMILES string of the molecule is CC(=O)CCC1(c2ccccc2)CC1. The van der Waals surface area contributed by atoms with E-state index in [-0.39, 0.29) is 0 Å². The second-order valence-electron chi connectivity index (χ2n) is 4.35. The Hall–Kier alpha value is -1.11. The van der Waals surface area contributed by atoms with Gasteiger partial charge in [0, 0.05) is 6.42 Å². The van der Waals surface area contributed by atoms with Crippen LogP contribution in [0.15, 0.2) is 30.3 Å². The van der Waals surface area contributed by atoms with E-state index in [1.54, 1.807) is 6.92 Å². The maximum atomic E-state index is 10.9. The van der Waals surface area contributed by atoms with Gasteiger partial charge in [-0.1, -0.05) is 30.3 Å². The number of benzene rings is 1.